The molecule has 0 bridgehead atoms. The molecule has 2 aromatic carbocycles. The average Bonchev–Trinajstić information content (AvgIpc) is 3.23. The van der Waals surface area contributed by atoms with Gasteiger partial charge in [0.25, 0.3) is 5.56 Å². The van der Waals surface area contributed by atoms with Crippen LogP contribution >= 0.6 is 0 Å². The van der Waals surface area contributed by atoms with E-state index in [-0.39, 0.29) is 17.8 Å². The van der Waals surface area contributed by atoms with E-state index in [2.05, 4.69) is 15.3 Å². The Bertz CT molecular complexity index is 1580. The third-order valence-electron chi connectivity index (χ3n) is 5.84. The first-order chi connectivity index (χ1) is 16.5. The first-order valence-electron chi connectivity index (χ1n) is 10.8. The van der Waals surface area contributed by atoms with Crippen LogP contribution in [0.2, 0.25) is 0 Å². The minimum atomic E-state index is -1.12. The Hall–Kier alpha value is -4.40. The third-order valence-corrected chi connectivity index (χ3v) is 5.84. The van der Waals surface area contributed by atoms with Crippen LogP contribution in [0.15, 0.2) is 71.7 Å². The highest BCUT2D eigenvalue weighted by Crippen LogP contribution is 2.29. The second-order valence-corrected chi connectivity index (χ2v) is 7.92. The van der Waals surface area contributed by atoms with E-state index in [0.717, 1.165) is 16.8 Å². The fourth-order valence-electron chi connectivity index (χ4n) is 4.15. The molecule has 0 spiro atoms. The van der Waals surface area contributed by atoms with E-state index in [1.54, 1.807) is 22.7 Å². The van der Waals surface area contributed by atoms with E-state index in [0.29, 0.717) is 23.1 Å². The molecule has 0 aliphatic heterocycles. The lowest BCUT2D eigenvalue weighted by Crippen LogP contribution is -2.31. The maximum Gasteiger partial charge on any atom is 0.327 e. The molecule has 0 fully saturated rings. The van der Waals surface area contributed by atoms with E-state index < -0.39 is 17.6 Å². The zero-order valence-corrected chi connectivity index (χ0v) is 18.2. The molecule has 0 aliphatic rings. The maximum atomic E-state index is 13.4. The summed E-state index contributed by atoms with van der Waals surface area (Å²) < 4.78 is 16.2. The molecule has 3 aromatic heterocycles. The predicted octanol–water partition coefficient (Wildman–Crippen LogP) is 3.68. The van der Waals surface area contributed by atoms with Crippen LogP contribution in [0.5, 0.6) is 0 Å². The normalized spacial score (nSPS) is 12.3. The van der Waals surface area contributed by atoms with E-state index in [4.69, 9.17) is 0 Å². The van der Waals surface area contributed by atoms with E-state index in [1.165, 1.54) is 22.9 Å². The topological polar surface area (TPSA) is 102 Å². The summed E-state index contributed by atoms with van der Waals surface area (Å²) in [5, 5.41) is 22.9. The lowest BCUT2D eigenvalue weighted by Gasteiger charge is -2.16. The van der Waals surface area contributed by atoms with Gasteiger partial charge in [0.2, 0.25) is 0 Å². The molecule has 5 aromatic rings. The molecule has 0 aliphatic carbocycles. The zero-order valence-electron chi connectivity index (χ0n) is 18.2. The maximum absolute atomic E-state index is 13.4. The summed E-state index contributed by atoms with van der Waals surface area (Å²) in [5.74, 6) is -1.47. The number of halogens is 1. The highest BCUT2D eigenvalue weighted by Gasteiger charge is 2.24. The second-order valence-electron chi connectivity index (χ2n) is 7.92. The van der Waals surface area contributed by atoms with Gasteiger partial charge in [-0.25, -0.2) is 13.7 Å². The molecule has 1 unspecified atom stereocenters. The summed E-state index contributed by atoms with van der Waals surface area (Å²) in [6.45, 7) is 1.94. The van der Waals surface area contributed by atoms with Crippen molar-refractivity contribution in [1.82, 2.24) is 24.4 Å². The number of aromatic nitrogens is 5. The summed E-state index contributed by atoms with van der Waals surface area (Å²) in [6, 6.07) is 15.7. The lowest BCUT2D eigenvalue weighted by molar-refractivity contribution is -0.141. The van der Waals surface area contributed by atoms with Crippen LogP contribution in [-0.2, 0) is 17.6 Å². The fourth-order valence-corrected chi connectivity index (χ4v) is 4.15. The van der Waals surface area contributed by atoms with Gasteiger partial charge in [-0.2, -0.15) is 5.10 Å². The number of carbonyl (C=O) groups is 1. The van der Waals surface area contributed by atoms with Gasteiger partial charge >= 0.3 is 5.97 Å². The third kappa shape index (κ3) is 3.61. The smallest absolute Gasteiger partial charge is 0.327 e. The van der Waals surface area contributed by atoms with Crippen molar-refractivity contribution in [3.8, 4) is 11.1 Å². The van der Waals surface area contributed by atoms with Gasteiger partial charge in [0.1, 0.15) is 17.4 Å². The van der Waals surface area contributed by atoms with Gasteiger partial charge in [-0.15, -0.1) is 10.2 Å². The molecule has 0 amide bonds. The first kappa shape index (κ1) is 21.4. The first-order valence-corrected chi connectivity index (χ1v) is 10.8. The molecular formula is C25H20FN5O3. The van der Waals surface area contributed by atoms with Crippen LogP contribution < -0.4 is 5.56 Å². The second kappa shape index (κ2) is 8.51. The number of pyridine rings is 1. The molecule has 0 saturated carbocycles. The Morgan fingerprint density at radius 3 is 2.47 bits per heavy atom. The molecule has 0 radical (unpaired) electrons. The molecule has 3 heterocycles. The van der Waals surface area contributed by atoms with Gasteiger partial charge < -0.3 is 5.11 Å². The molecule has 170 valence electrons. The summed E-state index contributed by atoms with van der Waals surface area (Å²) in [4.78, 5) is 25.3. The molecular weight excluding hydrogens is 437 g/mol. The van der Waals surface area contributed by atoms with Crippen LogP contribution in [0.1, 0.15) is 24.2 Å². The number of carboxylic acid groups (broad SMARTS) is 1. The number of carboxylic acids is 1. The van der Waals surface area contributed by atoms with Gasteiger partial charge in [0.15, 0.2) is 11.2 Å². The number of hydrogen-bond donors (Lipinski definition) is 1. The Kier molecular flexibility index (Phi) is 5.37. The highest BCUT2D eigenvalue weighted by molar-refractivity contribution is 5.85. The Labute approximate surface area is 192 Å². The van der Waals surface area contributed by atoms with Crippen LogP contribution in [0.25, 0.3) is 27.8 Å². The van der Waals surface area contributed by atoms with Crippen molar-refractivity contribution in [2.75, 3.05) is 0 Å². The Morgan fingerprint density at radius 1 is 1.06 bits per heavy atom. The quantitative estimate of drug-likeness (QED) is 0.417. The van der Waals surface area contributed by atoms with Crippen LogP contribution in [0.4, 0.5) is 4.39 Å². The summed E-state index contributed by atoms with van der Waals surface area (Å²) in [5.41, 5.74) is 3.29. The molecule has 1 N–H and O–H groups in total. The highest BCUT2D eigenvalue weighted by atomic mass is 19.1. The van der Waals surface area contributed by atoms with Gasteiger partial charge in [-0.3, -0.25) is 9.36 Å². The van der Waals surface area contributed by atoms with E-state index >= 15 is 0 Å². The van der Waals surface area contributed by atoms with E-state index in [1.807, 2.05) is 37.3 Å². The summed E-state index contributed by atoms with van der Waals surface area (Å²) in [6.07, 6.45) is 2.19. The minimum Gasteiger partial charge on any atom is -0.480 e. The lowest BCUT2D eigenvalue weighted by atomic mass is 10.0. The predicted molar refractivity (Wildman–Crippen MR) is 124 cm³/mol. The number of hydrogen-bond acceptors (Lipinski definition) is 5. The number of benzene rings is 2. The standard InChI is InChI=1S/C25H20FN5O3/c1-2-18-21(16-8-10-17(26)11-9-16)23-28-27-22-19(31(23)29-18)12-13-30(24(22)32)20(25(33)34)14-15-6-4-3-5-7-15/h3-13,20H,2,14H2,1H3,(H,33,34). The van der Waals surface area contributed by atoms with Crippen molar-refractivity contribution in [2.45, 2.75) is 25.8 Å². The van der Waals surface area contributed by atoms with Gasteiger partial charge in [-0.05, 0) is 35.7 Å². The summed E-state index contributed by atoms with van der Waals surface area (Å²) >= 11 is 0. The number of aliphatic carboxylic acids is 1. The number of nitrogens with zero attached hydrogens (tertiary/aromatic N) is 5. The molecule has 8 nitrogen and oxygen atoms in total. The fraction of sp³-hybridized carbons (Fsp3) is 0.160. The Morgan fingerprint density at radius 2 is 1.79 bits per heavy atom. The SMILES string of the molecule is CCc1nn2c(nnc3c(=O)n(C(Cc4ccccc4)C(=O)O)ccc32)c1-c1ccc(F)cc1. The van der Waals surface area contributed by atoms with Crippen molar-refractivity contribution in [1.29, 1.82) is 0 Å². The van der Waals surface area contributed by atoms with Crippen molar-refractivity contribution in [3.63, 3.8) is 0 Å². The minimum absolute atomic E-state index is 0.0186. The molecule has 0 saturated heterocycles. The molecule has 5 rings (SSSR count). The number of aryl methyl sites for hydroxylation is 1. The van der Waals surface area contributed by atoms with E-state index in [9.17, 15) is 19.1 Å². The largest absolute Gasteiger partial charge is 0.480 e. The van der Waals surface area contributed by atoms with Crippen molar-refractivity contribution in [2.24, 2.45) is 0 Å². The average molecular weight is 457 g/mol. The van der Waals surface area contributed by atoms with Crippen molar-refractivity contribution >= 4 is 22.6 Å². The van der Waals surface area contributed by atoms with Gasteiger partial charge in [0.05, 0.1) is 11.3 Å². The van der Waals surface area contributed by atoms with Crippen LogP contribution in [-0.4, -0.2) is 35.5 Å². The molecule has 1 atom stereocenters. The van der Waals surface area contributed by atoms with Crippen LogP contribution in [0.3, 0.4) is 0 Å². The van der Waals surface area contributed by atoms with Gasteiger partial charge in [-0.1, -0.05) is 49.4 Å². The van der Waals surface area contributed by atoms with Crippen molar-refractivity contribution < 1.29 is 14.3 Å². The van der Waals surface area contributed by atoms with Crippen molar-refractivity contribution in [3.05, 3.63) is 94.3 Å². The monoisotopic (exact) mass is 457 g/mol. The Balaban J connectivity index is 1.67. The molecule has 34 heavy (non-hydrogen) atoms. The number of fused-ring (bicyclic) bond motifs is 3. The van der Waals surface area contributed by atoms with Gasteiger partial charge in [0, 0.05) is 12.6 Å². The number of rotatable bonds is 6. The summed E-state index contributed by atoms with van der Waals surface area (Å²) in [7, 11) is 0. The van der Waals surface area contributed by atoms with Crippen LogP contribution in [0, 0.1) is 5.82 Å². The molecule has 9 heteroatoms. The zero-order chi connectivity index (χ0) is 23.8.